The summed E-state index contributed by atoms with van der Waals surface area (Å²) in [6.07, 6.45) is 8.15. The van der Waals surface area contributed by atoms with Gasteiger partial charge in [0.05, 0.1) is 6.04 Å². The molecule has 5 heteroatoms. The summed E-state index contributed by atoms with van der Waals surface area (Å²) in [5, 5.41) is 0. The first-order chi connectivity index (χ1) is 9.42. The molecule has 2 unspecified atom stereocenters. The fourth-order valence-electron chi connectivity index (χ4n) is 3.33. The number of terminal acetylenes is 1. The van der Waals surface area contributed by atoms with E-state index in [1.54, 1.807) is 4.90 Å². The Morgan fingerprint density at radius 3 is 2.65 bits per heavy atom. The lowest BCUT2D eigenvalue weighted by Crippen LogP contribution is -2.57. The lowest BCUT2D eigenvalue weighted by molar-refractivity contribution is 0.144. The van der Waals surface area contributed by atoms with E-state index in [1.165, 1.54) is 0 Å². The van der Waals surface area contributed by atoms with Crippen LogP contribution in [0.1, 0.15) is 40.0 Å². The van der Waals surface area contributed by atoms with E-state index in [4.69, 9.17) is 12.2 Å². The molecular formula is C15H24N4O. The van der Waals surface area contributed by atoms with E-state index in [0.717, 1.165) is 32.4 Å². The van der Waals surface area contributed by atoms with Gasteiger partial charge < -0.3 is 10.6 Å². The first kappa shape index (κ1) is 14.9. The van der Waals surface area contributed by atoms with E-state index in [1.807, 2.05) is 6.92 Å². The third kappa shape index (κ3) is 2.29. The molecule has 0 radical (unpaired) electrons. The van der Waals surface area contributed by atoms with Crippen molar-refractivity contribution in [1.82, 2.24) is 9.80 Å². The van der Waals surface area contributed by atoms with Crippen LogP contribution in [0.25, 0.3) is 0 Å². The molecule has 0 saturated carbocycles. The van der Waals surface area contributed by atoms with Crippen molar-refractivity contribution in [2.45, 2.75) is 57.7 Å². The summed E-state index contributed by atoms with van der Waals surface area (Å²) in [5.74, 6) is 3.09. The van der Waals surface area contributed by atoms with Gasteiger partial charge in [-0.05, 0) is 46.6 Å². The Kier molecular flexibility index (Phi) is 4.05. The minimum absolute atomic E-state index is 0.280. The topological polar surface area (TPSA) is 61.9 Å². The predicted molar refractivity (Wildman–Crippen MR) is 80.4 cm³/mol. The summed E-state index contributed by atoms with van der Waals surface area (Å²) >= 11 is 0. The van der Waals surface area contributed by atoms with E-state index in [0.29, 0.717) is 11.9 Å². The Balaban J connectivity index is 2.29. The second-order valence-corrected chi connectivity index (χ2v) is 6.01. The zero-order valence-corrected chi connectivity index (χ0v) is 12.6. The summed E-state index contributed by atoms with van der Waals surface area (Å²) in [6, 6.07) is -0.0669. The van der Waals surface area contributed by atoms with Crippen LogP contribution in [-0.4, -0.2) is 52.4 Å². The van der Waals surface area contributed by atoms with Crippen molar-refractivity contribution in [2.24, 2.45) is 10.7 Å². The van der Waals surface area contributed by atoms with Crippen molar-refractivity contribution in [3.63, 3.8) is 0 Å². The van der Waals surface area contributed by atoms with Gasteiger partial charge in [0, 0.05) is 12.6 Å². The van der Waals surface area contributed by atoms with Gasteiger partial charge in [0.1, 0.15) is 11.4 Å². The van der Waals surface area contributed by atoms with E-state index in [-0.39, 0.29) is 12.1 Å². The Morgan fingerprint density at radius 2 is 2.05 bits per heavy atom. The van der Waals surface area contributed by atoms with Crippen LogP contribution < -0.4 is 5.73 Å². The van der Waals surface area contributed by atoms with Crippen molar-refractivity contribution < 1.29 is 4.79 Å². The van der Waals surface area contributed by atoms with E-state index < -0.39 is 5.54 Å². The summed E-state index contributed by atoms with van der Waals surface area (Å²) in [5.41, 5.74) is 5.63. The first-order valence-corrected chi connectivity index (χ1v) is 7.30. The van der Waals surface area contributed by atoms with Gasteiger partial charge >= 0.3 is 6.03 Å². The molecule has 5 nitrogen and oxygen atoms in total. The van der Waals surface area contributed by atoms with Gasteiger partial charge in [-0.3, -0.25) is 4.90 Å². The maximum absolute atomic E-state index is 12.1. The highest BCUT2D eigenvalue weighted by molar-refractivity contribution is 6.06. The number of aliphatic imine (C=N–C) groups is 1. The molecule has 2 atom stereocenters. The van der Waals surface area contributed by atoms with Crippen molar-refractivity contribution in [1.29, 1.82) is 0 Å². The van der Waals surface area contributed by atoms with Gasteiger partial charge in [-0.1, -0.05) is 5.92 Å². The summed E-state index contributed by atoms with van der Waals surface area (Å²) in [7, 11) is 0. The van der Waals surface area contributed by atoms with Crippen molar-refractivity contribution in [3.8, 4) is 12.3 Å². The number of urea groups is 1. The number of carbonyl (C=O) groups excluding carboxylic acids is 1. The molecular weight excluding hydrogens is 252 g/mol. The molecule has 1 saturated heterocycles. The van der Waals surface area contributed by atoms with Crippen molar-refractivity contribution in [3.05, 3.63) is 0 Å². The normalized spacial score (nSPS) is 29.4. The molecule has 110 valence electrons. The van der Waals surface area contributed by atoms with Gasteiger partial charge in [-0.25, -0.2) is 4.79 Å². The monoisotopic (exact) mass is 276 g/mol. The zero-order chi connectivity index (χ0) is 14.9. The number of nitrogens with two attached hydrogens (primary N) is 1. The summed E-state index contributed by atoms with van der Waals surface area (Å²) < 4.78 is 0. The first-order valence-electron chi connectivity index (χ1n) is 7.30. The molecule has 2 aliphatic rings. The number of hydrogen-bond donors (Lipinski definition) is 1. The molecule has 2 aliphatic heterocycles. The SMILES string of the molecule is C#CC(C)N1C(=O)N=C(N)C12CCCN(C(C)C)CC2. The number of hydrogen-bond acceptors (Lipinski definition) is 3. The highest BCUT2D eigenvalue weighted by Gasteiger charge is 2.50. The summed E-state index contributed by atoms with van der Waals surface area (Å²) in [6.45, 7) is 8.18. The molecule has 0 aromatic heterocycles. The number of likely N-dealkylation sites (tertiary alicyclic amines) is 1. The van der Waals surface area contributed by atoms with Crippen molar-refractivity contribution >= 4 is 11.9 Å². The smallest absolute Gasteiger partial charge is 0.347 e. The average Bonchev–Trinajstić information content (AvgIpc) is 2.57. The molecule has 0 aliphatic carbocycles. The Hall–Kier alpha value is -1.54. The molecule has 2 rings (SSSR count). The molecule has 20 heavy (non-hydrogen) atoms. The van der Waals surface area contributed by atoms with E-state index in [9.17, 15) is 4.79 Å². The second kappa shape index (κ2) is 5.45. The Morgan fingerprint density at radius 1 is 1.35 bits per heavy atom. The Bertz CT molecular complexity index is 465. The van der Waals surface area contributed by atoms with Crippen LogP contribution in [-0.2, 0) is 0 Å². The van der Waals surface area contributed by atoms with Gasteiger partial charge in [0.25, 0.3) is 0 Å². The highest BCUT2D eigenvalue weighted by Crippen LogP contribution is 2.35. The van der Waals surface area contributed by atoms with E-state index >= 15 is 0 Å². The van der Waals surface area contributed by atoms with Crippen LogP contribution in [0.2, 0.25) is 0 Å². The van der Waals surface area contributed by atoms with Crippen LogP contribution in [0, 0.1) is 12.3 Å². The standard InChI is InChI=1S/C15H24N4O/c1-5-12(4)19-14(20)17-13(16)15(19)7-6-9-18(10-8-15)11(2)3/h1,11-12H,6-10H2,2-4H3,(H2,16,17,20). The van der Waals surface area contributed by atoms with Gasteiger partial charge in [0.15, 0.2) is 0 Å². The fourth-order valence-corrected chi connectivity index (χ4v) is 3.33. The number of nitrogens with zero attached hydrogens (tertiary/aromatic N) is 3. The lowest BCUT2D eigenvalue weighted by Gasteiger charge is -2.39. The van der Waals surface area contributed by atoms with Crippen LogP contribution in [0.15, 0.2) is 4.99 Å². The van der Waals surface area contributed by atoms with E-state index in [2.05, 4.69) is 29.7 Å². The van der Waals surface area contributed by atoms with Gasteiger partial charge in [-0.2, -0.15) is 4.99 Å². The third-order valence-corrected chi connectivity index (χ3v) is 4.57. The quantitative estimate of drug-likeness (QED) is 0.776. The maximum Gasteiger partial charge on any atom is 0.347 e. The number of amides is 2. The predicted octanol–water partition coefficient (Wildman–Crippen LogP) is 1.43. The lowest BCUT2D eigenvalue weighted by atomic mass is 9.87. The minimum atomic E-state index is -0.480. The molecule has 0 aromatic carbocycles. The Labute approximate surface area is 121 Å². The van der Waals surface area contributed by atoms with Crippen molar-refractivity contribution in [2.75, 3.05) is 13.1 Å². The second-order valence-electron chi connectivity index (χ2n) is 6.01. The molecule has 1 fully saturated rings. The third-order valence-electron chi connectivity index (χ3n) is 4.57. The van der Waals surface area contributed by atoms with Gasteiger partial charge in [-0.15, -0.1) is 6.42 Å². The molecule has 0 bridgehead atoms. The zero-order valence-electron chi connectivity index (χ0n) is 12.6. The van der Waals surface area contributed by atoms with Crippen LogP contribution in [0.3, 0.4) is 0 Å². The molecule has 2 amide bonds. The van der Waals surface area contributed by atoms with Crippen LogP contribution in [0.4, 0.5) is 4.79 Å². The molecule has 1 spiro atoms. The minimum Gasteiger partial charge on any atom is -0.385 e. The fraction of sp³-hybridized carbons (Fsp3) is 0.733. The van der Waals surface area contributed by atoms with Crippen LogP contribution in [0.5, 0.6) is 0 Å². The summed E-state index contributed by atoms with van der Waals surface area (Å²) in [4.78, 5) is 20.3. The van der Waals surface area contributed by atoms with Gasteiger partial charge in [0.2, 0.25) is 0 Å². The molecule has 2 heterocycles. The number of rotatable bonds is 2. The molecule has 2 N–H and O–H groups in total. The highest BCUT2D eigenvalue weighted by atomic mass is 16.2. The van der Waals surface area contributed by atoms with Crippen LogP contribution >= 0.6 is 0 Å². The average molecular weight is 276 g/mol. The molecule has 0 aromatic rings. The number of carbonyl (C=O) groups is 1. The number of amidine groups is 1. The largest absolute Gasteiger partial charge is 0.385 e. The maximum atomic E-state index is 12.1.